The van der Waals surface area contributed by atoms with Gasteiger partial charge >= 0.3 is 0 Å². The minimum atomic E-state index is -3.52. The van der Waals surface area contributed by atoms with Gasteiger partial charge in [-0.2, -0.15) is 9.57 Å². The Morgan fingerprint density at radius 3 is 2.55 bits per heavy atom. The number of fused-ring (bicyclic) bond motifs is 1. The standard InChI is InChI=1S/C22H22N4O2S/c23-15-18-14-21(19-9-3-4-10-20(19)25-18)24-16-17-8-2-5-11-22(17)29(27,28)26-12-6-1-7-13-26/h2-5,8-11,14H,1,6-7,12-13,16H2,(H,24,25). The van der Waals surface area contributed by atoms with Crippen molar-refractivity contribution in [3.05, 3.63) is 65.9 Å². The normalized spacial score (nSPS) is 15.1. The number of benzene rings is 2. The van der Waals surface area contributed by atoms with Crippen LogP contribution in [0.15, 0.2) is 59.5 Å². The van der Waals surface area contributed by atoms with Crippen molar-refractivity contribution in [2.45, 2.75) is 30.7 Å². The number of sulfonamides is 1. The predicted molar refractivity (Wildman–Crippen MR) is 113 cm³/mol. The van der Waals surface area contributed by atoms with E-state index < -0.39 is 10.0 Å². The third-order valence-electron chi connectivity index (χ3n) is 5.21. The van der Waals surface area contributed by atoms with E-state index in [9.17, 15) is 13.7 Å². The molecule has 6 nitrogen and oxygen atoms in total. The highest BCUT2D eigenvalue weighted by Crippen LogP contribution is 2.27. The lowest BCUT2D eigenvalue weighted by Crippen LogP contribution is -2.36. The second kappa shape index (κ2) is 8.19. The largest absolute Gasteiger partial charge is 0.380 e. The Morgan fingerprint density at radius 2 is 1.76 bits per heavy atom. The first-order valence-corrected chi connectivity index (χ1v) is 11.2. The summed E-state index contributed by atoms with van der Waals surface area (Å²) in [6.45, 7) is 1.48. The summed E-state index contributed by atoms with van der Waals surface area (Å²) in [6, 6.07) is 18.5. The summed E-state index contributed by atoms with van der Waals surface area (Å²) in [7, 11) is -3.52. The Hall–Kier alpha value is -2.95. The van der Waals surface area contributed by atoms with Crippen molar-refractivity contribution in [3.63, 3.8) is 0 Å². The molecule has 2 aromatic carbocycles. The number of anilines is 1. The minimum Gasteiger partial charge on any atom is -0.380 e. The number of nitrogens with zero attached hydrogens (tertiary/aromatic N) is 3. The zero-order valence-corrected chi connectivity index (χ0v) is 16.8. The summed E-state index contributed by atoms with van der Waals surface area (Å²) in [5.74, 6) is 0. The van der Waals surface area contributed by atoms with Gasteiger partial charge in [0.25, 0.3) is 0 Å². The van der Waals surface area contributed by atoms with Crippen LogP contribution in [0.25, 0.3) is 10.9 Å². The quantitative estimate of drug-likeness (QED) is 0.695. The average Bonchev–Trinajstić information content (AvgIpc) is 2.78. The minimum absolute atomic E-state index is 0.320. The third kappa shape index (κ3) is 3.95. The maximum atomic E-state index is 13.2. The number of piperidine rings is 1. The number of pyridine rings is 1. The number of hydrogen-bond donors (Lipinski definition) is 1. The predicted octanol–water partition coefficient (Wildman–Crippen LogP) is 3.89. The molecule has 2 heterocycles. The third-order valence-corrected chi connectivity index (χ3v) is 7.20. The van der Waals surface area contributed by atoms with Crippen LogP contribution in [0.4, 0.5) is 5.69 Å². The van der Waals surface area contributed by atoms with E-state index in [1.807, 2.05) is 36.4 Å². The molecule has 0 spiro atoms. The molecule has 0 radical (unpaired) electrons. The second-order valence-electron chi connectivity index (χ2n) is 7.11. The molecular formula is C22H22N4O2S. The van der Waals surface area contributed by atoms with Crippen molar-refractivity contribution in [1.82, 2.24) is 9.29 Å². The maximum absolute atomic E-state index is 13.2. The zero-order chi connectivity index (χ0) is 20.3. The molecule has 0 atom stereocenters. The van der Waals surface area contributed by atoms with E-state index >= 15 is 0 Å². The summed E-state index contributed by atoms with van der Waals surface area (Å²) < 4.78 is 27.9. The number of nitrogens with one attached hydrogen (secondary N) is 1. The number of nitriles is 1. The monoisotopic (exact) mass is 406 g/mol. The Bertz CT molecular complexity index is 1180. The molecule has 1 fully saturated rings. The molecule has 0 aliphatic carbocycles. The molecule has 29 heavy (non-hydrogen) atoms. The molecule has 0 saturated carbocycles. The Morgan fingerprint density at radius 1 is 1.03 bits per heavy atom. The van der Waals surface area contributed by atoms with Crippen LogP contribution in [0.1, 0.15) is 30.5 Å². The van der Waals surface area contributed by atoms with E-state index in [4.69, 9.17) is 0 Å². The van der Waals surface area contributed by atoms with Gasteiger partial charge in [-0.3, -0.25) is 0 Å². The fourth-order valence-corrected chi connectivity index (χ4v) is 5.45. The smallest absolute Gasteiger partial charge is 0.243 e. The molecule has 148 valence electrons. The lowest BCUT2D eigenvalue weighted by molar-refractivity contribution is 0.346. The highest BCUT2D eigenvalue weighted by Gasteiger charge is 2.27. The zero-order valence-electron chi connectivity index (χ0n) is 16.0. The van der Waals surface area contributed by atoms with Gasteiger partial charge in [0.15, 0.2) is 0 Å². The van der Waals surface area contributed by atoms with Gasteiger partial charge in [-0.15, -0.1) is 0 Å². The molecule has 1 N–H and O–H groups in total. The molecule has 1 aliphatic heterocycles. The highest BCUT2D eigenvalue weighted by molar-refractivity contribution is 7.89. The van der Waals surface area contributed by atoms with E-state index in [1.165, 1.54) is 0 Å². The molecule has 1 saturated heterocycles. The topological polar surface area (TPSA) is 86.1 Å². The van der Waals surface area contributed by atoms with E-state index in [0.29, 0.717) is 35.8 Å². The van der Waals surface area contributed by atoms with Crippen LogP contribution in [-0.4, -0.2) is 30.8 Å². The molecule has 0 unspecified atom stereocenters. The number of para-hydroxylation sites is 1. The molecule has 1 aliphatic rings. The molecule has 0 amide bonds. The van der Waals surface area contributed by atoms with Gasteiger partial charge in [0, 0.05) is 30.7 Å². The van der Waals surface area contributed by atoms with Crippen molar-refractivity contribution in [2.75, 3.05) is 18.4 Å². The fourth-order valence-electron chi connectivity index (χ4n) is 3.72. The first kappa shape index (κ1) is 19.4. The molecule has 7 heteroatoms. The van der Waals surface area contributed by atoms with E-state index in [2.05, 4.69) is 16.4 Å². The maximum Gasteiger partial charge on any atom is 0.243 e. The average molecular weight is 407 g/mol. The van der Waals surface area contributed by atoms with Crippen molar-refractivity contribution in [2.24, 2.45) is 0 Å². The van der Waals surface area contributed by atoms with Crippen LogP contribution in [0.5, 0.6) is 0 Å². The summed E-state index contributed by atoms with van der Waals surface area (Å²) >= 11 is 0. The van der Waals surface area contributed by atoms with Gasteiger partial charge in [0.2, 0.25) is 10.0 Å². The van der Waals surface area contributed by atoms with Crippen LogP contribution in [-0.2, 0) is 16.6 Å². The van der Waals surface area contributed by atoms with Gasteiger partial charge in [-0.05, 0) is 36.6 Å². The lowest BCUT2D eigenvalue weighted by atomic mass is 10.1. The molecule has 0 bridgehead atoms. The summed E-state index contributed by atoms with van der Waals surface area (Å²) in [6.07, 6.45) is 2.88. The van der Waals surface area contributed by atoms with Crippen molar-refractivity contribution in [1.29, 1.82) is 5.26 Å². The van der Waals surface area contributed by atoms with E-state index in [-0.39, 0.29) is 0 Å². The Labute approximate surface area is 170 Å². The summed E-state index contributed by atoms with van der Waals surface area (Å²) in [5, 5.41) is 13.5. The second-order valence-corrected chi connectivity index (χ2v) is 9.02. The Balaban J connectivity index is 1.65. The van der Waals surface area contributed by atoms with Crippen LogP contribution in [0.3, 0.4) is 0 Å². The molecule has 3 aromatic rings. The fraction of sp³-hybridized carbons (Fsp3) is 0.273. The van der Waals surface area contributed by atoms with Crippen LogP contribution in [0.2, 0.25) is 0 Å². The molecule has 4 rings (SSSR count). The number of rotatable bonds is 5. The first-order valence-electron chi connectivity index (χ1n) is 9.71. The SMILES string of the molecule is N#Cc1cc(NCc2ccccc2S(=O)(=O)N2CCCCC2)c2ccccc2n1. The van der Waals surface area contributed by atoms with Gasteiger partial charge in [-0.1, -0.05) is 42.8 Å². The van der Waals surface area contributed by atoms with Crippen molar-refractivity contribution in [3.8, 4) is 6.07 Å². The highest BCUT2D eigenvalue weighted by atomic mass is 32.2. The van der Waals surface area contributed by atoms with Crippen LogP contribution < -0.4 is 5.32 Å². The lowest BCUT2D eigenvalue weighted by Gasteiger charge is -2.27. The summed E-state index contributed by atoms with van der Waals surface area (Å²) in [5.41, 5.74) is 2.51. The Kier molecular flexibility index (Phi) is 5.47. The number of hydrogen-bond acceptors (Lipinski definition) is 5. The van der Waals surface area contributed by atoms with Gasteiger partial charge in [0.1, 0.15) is 11.8 Å². The van der Waals surface area contributed by atoms with Gasteiger partial charge in [0.05, 0.1) is 10.4 Å². The van der Waals surface area contributed by atoms with Crippen LogP contribution in [0, 0.1) is 11.3 Å². The van der Waals surface area contributed by atoms with E-state index in [0.717, 1.165) is 35.9 Å². The van der Waals surface area contributed by atoms with Gasteiger partial charge < -0.3 is 5.32 Å². The summed E-state index contributed by atoms with van der Waals surface area (Å²) in [4.78, 5) is 4.66. The molecule has 1 aromatic heterocycles. The van der Waals surface area contributed by atoms with E-state index in [1.54, 1.807) is 22.5 Å². The van der Waals surface area contributed by atoms with Crippen LogP contribution >= 0.6 is 0 Å². The first-order chi connectivity index (χ1) is 14.1. The van der Waals surface area contributed by atoms with Gasteiger partial charge in [-0.25, -0.2) is 13.4 Å². The van der Waals surface area contributed by atoms with Crippen molar-refractivity contribution >= 4 is 26.6 Å². The van der Waals surface area contributed by atoms with Crippen molar-refractivity contribution < 1.29 is 8.42 Å². The number of aromatic nitrogens is 1. The molecular weight excluding hydrogens is 384 g/mol.